The van der Waals surface area contributed by atoms with E-state index in [1.54, 1.807) is 12.1 Å². The molecule has 27 heavy (non-hydrogen) atoms. The summed E-state index contributed by atoms with van der Waals surface area (Å²) in [6.45, 7) is 4.38. The average Bonchev–Trinajstić information content (AvgIpc) is 2.65. The number of hydrogen-bond donors (Lipinski definition) is 0. The molecule has 4 nitrogen and oxygen atoms in total. The van der Waals surface area contributed by atoms with Crippen LogP contribution < -0.4 is 10.2 Å². The average molecular weight is 366 g/mol. The zero-order valence-corrected chi connectivity index (χ0v) is 16.0. The molecule has 2 rings (SSSR count). The smallest absolute Gasteiger partial charge is 0.0724 e. The van der Waals surface area contributed by atoms with Crippen molar-refractivity contribution in [1.82, 2.24) is 0 Å². The van der Waals surface area contributed by atoms with Crippen molar-refractivity contribution in [1.29, 1.82) is 0 Å². The number of carboxylic acids is 2. The summed E-state index contributed by atoms with van der Waals surface area (Å²) in [5.41, 5.74) is 2.02. The highest BCUT2D eigenvalue weighted by Gasteiger charge is 2.14. The van der Waals surface area contributed by atoms with Crippen LogP contribution >= 0.6 is 0 Å². The highest BCUT2D eigenvalue weighted by molar-refractivity contribution is 6.01. The van der Waals surface area contributed by atoms with Gasteiger partial charge in [0.2, 0.25) is 0 Å². The molecule has 0 saturated heterocycles. The third-order valence-electron chi connectivity index (χ3n) is 5.13. The van der Waals surface area contributed by atoms with Crippen molar-refractivity contribution in [3.8, 4) is 0 Å². The predicted octanol–water partition coefficient (Wildman–Crippen LogP) is 2.76. The number of carbonyl (C=O) groups is 2. The first kappa shape index (κ1) is 20.7. The molecule has 0 N–H and O–H groups in total. The Morgan fingerprint density at radius 2 is 1.56 bits per heavy atom. The molecule has 0 aromatic heterocycles. The minimum Gasteiger partial charge on any atom is -0.545 e. The maximum Gasteiger partial charge on any atom is 0.0724 e. The Kier molecular flexibility index (Phi) is 7.59. The van der Waals surface area contributed by atoms with Crippen LogP contribution in [0.25, 0.3) is 0 Å². The van der Waals surface area contributed by atoms with E-state index in [0.29, 0.717) is 17.9 Å². The zero-order chi connectivity index (χ0) is 19.8. The fourth-order valence-electron chi connectivity index (χ4n) is 3.55. The molecule has 2 aromatic carbocycles. The van der Waals surface area contributed by atoms with Gasteiger partial charge in [0.15, 0.2) is 0 Å². The monoisotopic (exact) mass is 366 g/mol. The van der Waals surface area contributed by atoms with Crippen molar-refractivity contribution in [3.05, 3.63) is 70.3 Å². The topological polar surface area (TPSA) is 80.3 Å². The second kappa shape index (κ2) is 9.91. The van der Waals surface area contributed by atoms with Gasteiger partial charge in [-0.15, -0.1) is 0 Å². The van der Waals surface area contributed by atoms with Crippen molar-refractivity contribution in [2.75, 3.05) is 0 Å². The summed E-state index contributed by atoms with van der Waals surface area (Å²) >= 11 is 0. The normalized spacial score (nSPS) is 11.9. The molecule has 4 heteroatoms. The zero-order valence-electron chi connectivity index (χ0n) is 16.0. The molecule has 0 saturated carbocycles. The Hall–Kier alpha value is -2.62. The van der Waals surface area contributed by atoms with E-state index in [1.165, 1.54) is 30.9 Å². The minimum absolute atomic E-state index is 0.287. The lowest BCUT2D eigenvalue weighted by atomic mass is 9.87. The first-order chi connectivity index (χ1) is 13.0. The van der Waals surface area contributed by atoms with Crippen LogP contribution in [-0.2, 0) is 12.8 Å². The van der Waals surface area contributed by atoms with Gasteiger partial charge in [0.1, 0.15) is 0 Å². The summed E-state index contributed by atoms with van der Waals surface area (Å²) in [6.07, 6.45) is 5.93. The Bertz CT molecular complexity index is 795. The number of carbonyl (C=O) groups excluding carboxylic acids is 2. The quantitative estimate of drug-likeness (QED) is 0.647. The SMILES string of the molecule is CCCCC(CC)Cc1ccccc1Cc1cccc(C(=O)[O-])c1C(=O)[O-]. The van der Waals surface area contributed by atoms with E-state index in [1.807, 2.05) is 18.2 Å². The van der Waals surface area contributed by atoms with Crippen LogP contribution in [0, 0.1) is 5.92 Å². The predicted molar refractivity (Wildman–Crippen MR) is 101 cm³/mol. The molecule has 0 bridgehead atoms. The summed E-state index contributed by atoms with van der Waals surface area (Å²) in [4.78, 5) is 22.8. The molecule has 2 aromatic rings. The maximum atomic E-state index is 11.6. The number of hydrogen-bond acceptors (Lipinski definition) is 4. The van der Waals surface area contributed by atoms with Gasteiger partial charge in [0.05, 0.1) is 11.9 Å². The van der Waals surface area contributed by atoms with Crippen LogP contribution in [0.3, 0.4) is 0 Å². The Balaban J connectivity index is 2.35. The second-order valence-electron chi connectivity index (χ2n) is 6.98. The number of aromatic carboxylic acids is 2. The lowest BCUT2D eigenvalue weighted by Gasteiger charge is -2.19. The van der Waals surface area contributed by atoms with Crippen molar-refractivity contribution < 1.29 is 19.8 Å². The molecule has 0 aliphatic rings. The van der Waals surface area contributed by atoms with E-state index in [-0.39, 0.29) is 11.1 Å². The number of benzene rings is 2. The van der Waals surface area contributed by atoms with Gasteiger partial charge in [-0.1, -0.05) is 82.0 Å². The summed E-state index contributed by atoms with van der Waals surface area (Å²) in [5.74, 6) is -2.41. The number of unbranched alkanes of at least 4 members (excludes halogenated alkanes) is 1. The standard InChI is InChI=1S/C23H28O4/c1-3-5-9-16(4-2)14-17-10-6-7-11-18(17)15-19-12-8-13-20(22(24)25)21(19)23(26)27/h6-8,10-13,16H,3-5,9,14-15H2,1-2H3,(H,24,25)(H,26,27)/p-2. The van der Waals surface area contributed by atoms with Crippen LogP contribution in [0.5, 0.6) is 0 Å². The molecule has 0 amide bonds. The molecule has 144 valence electrons. The van der Waals surface area contributed by atoms with Gasteiger partial charge in [0, 0.05) is 11.1 Å². The highest BCUT2D eigenvalue weighted by Crippen LogP contribution is 2.24. The Labute approximate surface area is 160 Å². The van der Waals surface area contributed by atoms with Crippen LogP contribution in [0.15, 0.2) is 42.5 Å². The molecule has 0 heterocycles. The number of rotatable bonds is 10. The molecule has 0 fully saturated rings. The van der Waals surface area contributed by atoms with Gasteiger partial charge >= 0.3 is 0 Å². The van der Waals surface area contributed by atoms with E-state index in [9.17, 15) is 19.8 Å². The van der Waals surface area contributed by atoms with Crippen molar-refractivity contribution in [2.24, 2.45) is 5.92 Å². The summed E-state index contributed by atoms with van der Waals surface area (Å²) in [7, 11) is 0. The van der Waals surface area contributed by atoms with Crippen molar-refractivity contribution >= 4 is 11.9 Å². The highest BCUT2D eigenvalue weighted by atomic mass is 16.4. The van der Waals surface area contributed by atoms with E-state index >= 15 is 0 Å². The second-order valence-corrected chi connectivity index (χ2v) is 6.98. The lowest BCUT2D eigenvalue weighted by Crippen LogP contribution is -2.31. The molecule has 0 aliphatic carbocycles. The van der Waals surface area contributed by atoms with Crippen LogP contribution in [0.1, 0.15) is 76.9 Å². The third-order valence-corrected chi connectivity index (χ3v) is 5.13. The van der Waals surface area contributed by atoms with Crippen molar-refractivity contribution in [2.45, 2.75) is 52.4 Å². The van der Waals surface area contributed by atoms with E-state index in [4.69, 9.17) is 0 Å². The fraction of sp³-hybridized carbons (Fsp3) is 0.391. The molecule has 1 unspecified atom stereocenters. The largest absolute Gasteiger partial charge is 0.545 e. The van der Waals surface area contributed by atoms with Crippen molar-refractivity contribution in [3.63, 3.8) is 0 Å². The lowest BCUT2D eigenvalue weighted by molar-refractivity contribution is -0.259. The van der Waals surface area contributed by atoms with Gasteiger partial charge in [0.25, 0.3) is 0 Å². The fourth-order valence-corrected chi connectivity index (χ4v) is 3.55. The van der Waals surface area contributed by atoms with E-state index in [2.05, 4.69) is 19.9 Å². The van der Waals surface area contributed by atoms with Crippen LogP contribution in [0.2, 0.25) is 0 Å². The molecular formula is C23H26O4-2. The first-order valence-corrected chi connectivity index (χ1v) is 9.59. The molecule has 0 spiro atoms. The molecular weight excluding hydrogens is 340 g/mol. The Morgan fingerprint density at radius 3 is 2.15 bits per heavy atom. The van der Waals surface area contributed by atoms with Crippen LogP contribution in [0.4, 0.5) is 0 Å². The van der Waals surface area contributed by atoms with Gasteiger partial charge < -0.3 is 19.8 Å². The minimum atomic E-state index is -1.50. The molecule has 0 aliphatic heterocycles. The van der Waals surface area contributed by atoms with Gasteiger partial charge in [-0.05, 0) is 35.4 Å². The molecule has 0 radical (unpaired) electrons. The van der Waals surface area contributed by atoms with E-state index in [0.717, 1.165) is 18.4 Å². The summed E-state index contributed by atoms with van der Waals surface area (Å²) in [6, 6.07) is 12.4. The van der Waals surface area contributed by atoms with Gasteiger partial charge in [-0.2, -0.15) is 0 Å². The maximum absolute atomic E-state index is 11.6. The summed E-state index contributed by atoms with van der Waals surface area (Å²) < 4.78 is 0. The van der Waals surface area contributed by atoms with E-state index < -0.39 is 11.9 Å². The van der Waals surface area contributed by atoms with Gasteiger partial charge in [-0.3, -0.25) is 0 Å². The van der Waals surface area contributed by atoms with Crippen LogP contribution in [-0.4, -0.2) is 11.9 Å². The third kappa shape index (κ3) is 5.43. The number of carboxylic acid groups (broad SMARTS) is 2. The summed E-state index contributed by atoms with van der Waals surface area (Å²) in [5, 5.41) is 22.8. The molecule has 1 atom stereocenters. The Morgan fingerprint density at radius 1 is 0.889 bits per heavy atom. The van der Waals surface area contributed by atoms with Gasteiger partial charge in [-0.25, -0.2) is 0 Å². The first-order valence-electron chi connectivity index (χ1n) is 9.59.